The Kier molecular flexibility index (Phi) is 4.32. The lowest BCUT2D eigenvalue weighted by Gasteiger charge is -2.37. The molecule has 0 spiro atoms. The molecule has 22 heavy (non-hydrogen) atoms. The van der Waals surface area contributed by atoms with Crippen LogP contribution < -0.4 is 0 Å². The van der Waals surface area contributed by atoms with Crippen LogP contribution in [-0.2, 0) is 0 Å². The molecule has 0 bridgehead atoms. The van der Waals surface area contributed by atoms with E-state index < -0.39 is 6.09 Å². The van der Waals surface area contributed by atoms with Crippen molar-refractivity contribution in [2.75, 3.05) is 19.3 Å². The van der Waals surface area contributed by atoms with Crippen molar-refractivity contribution >= 4 is 29.5 Å². The molecule has 1 aliphatic heterocycles. The van der Waals surface area contributed by atoms with Crippen molar-refractivity contribution < 1.29 is 9.90 Å². The van der Waals surface area contributed by atoms with E-state index in [0.29, 0.717) is 19.0 Å². The summed E-state index contributed by atoms with van der Waals surface area (Å²) in [7, 11) is 0. The Morgan fingerprint density at radius 2 is 1.91 bits per heavy atom. The minimum atomic E-state index is -0.835. The number of rotatable bonds is 3. The zero-order valence-corrected chi connectivity index (χ0v) is 13.7. The van der Waals surface area contributed by atoms with E-state index in [1.165, 1.54) is 16.0 Å². The maximum Gasteiger partial charge on any atom is 0.407 e. The molecule has 2 aromatic rings. The molecule has 5 heteroatoms. The SMILES string of the molecule is CSc1cc(Cl)ccc1-c1ccc(C2CN(C(=O)O)C2)cc1. The predicted octanol–water partition coefficient (Wildman–Crippen LogP) is 4.81. The Bertz CT molecular complexity index is 696. The van der Waals surface area contributed by atoms with E-state index in [4.69, 9.17) is 16.7 Å². The molecule has 0 saturated carbocycles. The molecular formula is C17H16ClNO2S. The van der Waals surface area contributed by atoms with Gasteiger partial charge in [0.15, 0.2) is 0 Å². The standard InChI is InChI=1S/C17H16ClNO2S/c1-22-16-8-14(18)6-7-15(16)12-4-2-11(3-5-12)13-9-19(10-13)17(20)21/h2-8,13H,9-10H2,1H3,(H,20,21). The number of benzene rings is 2. The average molecular weight is 334 g/mol. The number of nitrogens with zero attached hydrogens (tertiary/aromatic N) is 1. The van der Waals surface area contributed by atoms with Gasteiger partial charge in [-0.25, -0.2) is 4.79 Å². The molecular weight excluding hydrogens is 318 g/mol. The van der Waals surface area contributed by atoms with Crippen molar-refractivity contribution in [3.8, 4) is 11.1 Å². The first-order valence-corrected chi connectivity index (χ1v) is 8.60. The molecule has 0 unspecified atom stereocenters. The van der Waals surface area contributed by atoms with Gasteiger partial charge >= 0.3 is 6.09 Å². The van der Waals surface area contributed by atoms with Gasteiger partial charge in [-0.3, -0.25) is 0 Å². The van der Waals surface area contributed by atoms with Gasteiger partial charge in [0.05, 0.1) is 0 Å². The van der Waals surface area contributed by atoms with Gasteiger partial charge < -0.3 is 10.0 Å². The van der Waals surface area contributed by atoms with E-state index in [2.05, 4.69) is 24.3 Å². The quantitative estimate of drug-likeness (QED) is 0.820. The molecule has 1 aliphatic rings. The van der Waals surface area contributed by atoms with Gasteiger partial charge in [-0.2, -0.15) is 0 Å². The summed E-state index contributed by atoms with van der Waals surface area (Å²) >= 11 is 7.73. The number of likely N-dealkylation sites (tertiary alicyclic amines) is 1. The maximum atomic E-state index is 10.8. The lowest BCUT2D eigenvalue weighted by atomic mass is 9.90. The number of amides is 1. The highest BCUT2D eigenvalue weighted by molar-refractivity contribution is 7.98. The molecule has 0 aliphatic carbocycles. The Balaban J connectivity index is 1.79. The molecule has 2 aromatic carbocycles. The Labute approximate surface area is 138 Å². The van der Waals surface area contributed by atoms with Gasteiger partial charge in [0.2, 0.25) is 0 Å². The van der Waals surface area contributed by atoms with Gasteiger partial charge in [-0.1, -0.05) is 41.9 Å². The molecule has 1 amide bonds. The molecule has 0 aromatic heterocycles. The smallest absolute Gasteiger partial charge is 0.407 e. The third-order valence-corrected chi connectivity index (χ3v) is 5.02. The number of hydrogen-bond donors (Lipinski definition) is 1. The van der Waals surface area contributed by atoms with Crippen molar-refractivity contribution in [2.24, 2.45) is 0 Å². The van der Waals surface area contributed by atoms with E-state index in [9.17, 15) is 4.79 Å². The van der Waals surface area contributed by atoms with Crippen molar-refractivity contribution in [3.63, 3.8) is 0 Å². The molecule has 1 N–H and O–H groups in total. The fourth-order valence-electron chi connectivity index (χ4n) is 2.68. The van der Waals surface area contributed by atoms with Crippen LogP contribution in [0.25, 0.3) is 11.1 Å². The van der Waals surface area contributed by atoms with Crippen LogP contribution in [0.1, 0.15) is 11.5 Å². The minimum Gasteiger partial charge on any atom is -0.465 e. The second kappa shape index (κ2) is 6.23. The van der Waals surface area contributed by atoms with E-state index in [1.54, 1.807) is 11.8 Å². The molecule has 1 saturated heterocycles. The highest BCUT2D eigenvalue weighted by Gasteiger charge is 2.31. The maximum absolute atomic E-state index is 10.8. The fourth-order valence-corrected chi connectivity index (χ4v) is 3.57. The molecule has 114 valence electrons. The number of hydrogen-bond acceptors (Lipinski definition) is 2. The normalized spacial score (nSPS) is 14.7. The van der Waals surface area contributed by atoms with Crippen LogP contribution in [0.2, 0.25) is 5.02 Å². The van der Waals surface area contributed by atoms with Crippen LogP contribution >= 0.6 is 23.4 Å². The monoisotopic (exact) mass is 333 g/mol. The van der Waals surface area contributed by atoms with Crippen LogP contribution in [0.3, 0.4) is 0 Å². The van der Waals surface area contributed by atoms with Gasteiger partial charge in [0.1, 0.15) is 0 Å². The Morgan fingerprint density at radius 3 is 2.50 bits per heavy atom. The van der Waals surface area contributed by atoms with Gasteiger partial charge in [-0.05, 0) is 35.1 Å². The third-order valence-electron chi connectivity index (χ3n) is 4.01. The summed E-state index contributed by atoms with van der Waals surface area (Å²) in [6.07, 6.45) is 1.21. The van der Waals surface area contributed by atoms with Gasteiger partial charge in [0.25, 0.3) is 0 Å². The minimum absolute atomic E-state index is 0.315. The van der Waals surface area contributed by atoms with E-state index >= 15 is 0 Å². The number of thioether (sulfide) groups is 1. The summed E-state index contributed by atoms with van der Waals surface area (Å²) in [5.41, 5.74) is 3.52. The molecule has 3 nitrogen and oxygen atoms in total. The second-order valence-electron chi connectivity index (χ2n) is 5.35. The van der Waals surface area contributed by atoms with E-state index in [1.807, 2.05) is 24.5 Å². The first-order valence-electron chi connectivity index (χ1n) is 7.00. The zero-order valence-electron chi connectivity index (χ0n) is 12.1. The average Bonchev–Trinajstić information content (AvgIpc) is 2.46. The Morgan fingerprint density at radius 1 is 1.23 bits per heavy atom. The van der Waals surface area contributed by atoms with Crippen molar-refractivity contribution in [2.45, 2.75) is 10.8 Å². The highest BCUT2D eigenvalue weighted by atomic mass is 35.5. The number of halogens is 1. The van der Waals surface area contributed by atoms with Crippen LogP contribution in [0.5, 0.6) is 0 Å². The van der Waals surface area contributed by atoms with Crippen LogP contribution in [0.15, 0.2) is 47.4 Å². The van der Waals surface area contributed by atoms with Crippen LogP contribution in [-0.4, -0.2) is 35.4 Å². The summed E-state index contributed by atoms with van der Waals surface area (Å²) in [6.45, 7) is 1.18. The molecule has 1 fully saturated rings. The van der Waals surface area contributed by atoms with Gasteiger partial charge in [-0.15, -0.1) is 11.8 Å². The lowest BCUT2D eigenvalue weighted by Crippen LogP contribution is -2.47. The second-order valence-corrected chi connectivity index (χ2v) is 6.64. The van der Waals surface area contributed by atoms with Crippen LogP contribution in [0, 0.1) is 0 Å². The highest BCUT2D eigenvalue weighted by Crippen LogP contribution is 2.34. The molecule has 0 atom stereocenters. The summed E-state index contributed by atoms with van der Waals surface area (Å²) in [4.78, 5) is 13.4. The van der Waals surface area contributed by atoms with E-state index in [-0.39, 0.29) is 0 Å². The fraction of sp³-hybridized carbons (Fsp3) is 0.235. The summed E-state index contributed by atoms with van der Waals surface area (Å²) in [6, 6.07) is 14.3. The predicted molar refractivity (Wildman–Crippen MR) is 91.0 cm³/mol. The summed E-state index contributed by atoms with van der Waals surface area (Å²) in [5.74, 6) is 0.315. The first-order chi connectivity index (χ1) is 10.6. The summed E-state index contributed by atoms with van der Waals surface area (Å²) < 4.78 is 0. The zero-order chi connectivity index (χ0) is 15.7. The lowest BCUT2D eigenvalue weighted by molar-refractivity contribution is 0.105. The summed E-state index contributed by atoms with van der Waals surface area (Å²) in [5, 5.41) is 9.63. The van der Waals surface area contributed by atoms with E-state index in [0.717, 1.165) is 15.5 Å². The van der Waals surface area contributed by atoms with Gasteiger partial charge in [0, 0.05) is 28.9 Å². The van der Waals surface area contributed by atoms with Crippen molar-refractivity contribution in [3.05, 3.63) is 53.1 Å². The molecule has 0 radical (unpaired) electrons. The number of carboxylic acid groups (broad SMARTS) is 1. The topological polar surface area (TPSA) is 40.5 Å². The van der Waals surface area contributed by atoms with Crippen LogP contribution in [0.4, 0.5) is 4.79 Å². The third kappa shape index (κ3) is 2.94. The molecule has 3 rings (SSSR count). The number of carbonyl (C=O) groups is 1. The van der Waals surface area contributed by atoms with Crippen molar-refractivity contribution in [1.29, 1.82) is 0 Å². The largest absolute Gasteiger partial charge is 0.465 e. The van der Waals surface area contributed by atoms with Crippen molar-refractivity contribution in [1.82, 2.24) is 4.90 Å². The Hall–Kier alpha value is -1.65. The first kappa shape index (κ1) is 15.3. The molecule has 1 heterocycles.